The molecule has 16 heavy (non-hydrogen) atoms. The topological polar surface area (TPSA) is 46.2 Å². The lowest BCUT2D eigenvalue weighted by atomic mass is 10.1. The van der Waals surface area contributed by atoms with Gasteiger partial charge in [0.15, 0.2) is 9.84 Å². The fraction of sp³-hybridized carbons (Fsp3) is 0.833. The summed E-state index contributed by atoms with van der Waals surface area (Å²) in [6.07, 6.45) is 6.16. The zero-order chi connectivity index (χ0) is 12.4. The Morgan fingerprint density at radius 1 is 1.31 bits per heavy atom. The second-order valence-electron chi connectivity index (χ2n) is 4.04. The van der Waals surface area contributed by atoms with Crippen LogP contribution in [0.25, 0.3) is 0 Å². The van der Waals surface area contributed by atoms with Crippen molar-refractivity contribution in [3.63, 3.8) is 0 Å². The number of rotatable bonds is 10. The lowest BCUT2D eigenvalue weighted by Gasteiger charge is -2.17. The summed E-state index contributed by atoms with van der Waals surface area (Å²) < 4.78 is 22.6. The molecule has 0 saturated carbocycles. The summed E-state index contributed by atoms with van der Waals surface area (Å²) in [5.41, 5.74) is 0. The van der Waals surface area contributed by atoms with Gasteiger partial charge in [0.25, 0.3) is 0 Å². The van der Waals surface area contributed by atoms with Crippen molar-refractivity contribution in [2.45, 2.75) is 45.6 Å². The van der Waals surface area contributed by atoms with Gasteiger partial charge in [-0.3, -0.25) is 0 Å². The van der Waals surface area contributed by atoms with E-state index in [1.807, 2.05) is 6.08 Å². The predicted octanol–water partition coefficient (Wildman–Crippen LogP) is 2.15. The Hall–Kier alpha value is -0.350. The predicted molar refractivity (Wildman–Crippen MR) is 70.5 cm³/mol. The van der Waals surface area contributed by atoms with E-state index in [-0.39, 0.29) is 11.5 Å². The minimum absolute atomic E-state index is 0.236. The molecular weight excluding hydrogens is 222 g/mol. The van der Waals surface area contributed by atoms with Crippen molar-refractivity contribution in [1.29, 1.82) is 0 Å². The highest BCUT2D eigenvalue weighted by molar-refractivity contribution is 7.91. The molecule has 1 N–H and O–H groups in total. The maximum absolute atomic E-state index is 11.3. The van der Waals surface area contributed by atoms with Gasteiger partial charge in [-0.1, -0.05) is 26.3 Å². The minimum atomic E-state index is -2.83. The van der Waals surface area contributed by atoms with Crippen LogP contribution in [0.3, 0.4) is 0 Å². The molecule has 1 unspecified atom stereocenters. The standard InChI is InChI=1S/C12H25NO2S/c1-4-7-9-12(8-5-2)13-10-11-16(14,15)6-3/h4,12-13H,1,5-11H2,2-3H3. The van der Waals surface area contributed by atoms with Crippen molar-refractivity contribution in [3.05, 3.63) is 12.7 Å². The van der Waals surface area contributed by atoms with Crippen molar-refractivity contribution in [3.8, 4) is 0 Å². The van der Waals surface area contributed by atoms with Crippen LogP contribution in [0.2, 0.25) is 0 Å². The van der Waals surface area contributed by atoms with Crippen molar-refractivity contribution >= 4 is 9.84 Å². The summed E-state index contributed by atoms with van der Waals surface area (Å²) in [7, 11) is -2.83. The third-order valence-corrected chi connectivity index (χ3v) is 4.35. The molecule has 0 amide bonds. The van der Waals surface area contributed by atoms with Gasteiger partial charge in [-0.05, 0) is 19.3 Å². The van der Waals surface area contributed by atoms with Gasteiger partial charge in [0.2, 0.25) is 0 Å². The van der Waals surface area contributed by atoms with Gasteiger partial charge in [0.1, 0.15) is 0 Å². The lowest BCUT2D eigenvalue weighted by Crippen LogP contribution is -2.33. The molecule has 0 heterocycles. The van der Waals surface area contributed by atoms with Gasteiger partial charge in [0.05, 0.1) is 5.75 Å². The van der Waals surface area contributed by atoms with Crippen LogP contribution < -0.4 is 5.32 Å². The summed E-state index contributed by atoms with van der Waals surface area (Å²) in [6.45, 7) is 8.10. The summed E-state index contributed by atoms with van der Waals surface area (Å²) in [5.74, 6) is 0.484. The Balaban J connectivity index is 3.87. The summed E-state index contributed by atoms with van der Waals surface area (Å²) >= 11 is 0. The molecule has 0 saturated heterocycles. The largest absolute Gasteiger partial charge is 0.313 e. The molecule has 0 rings (SSSR count). The van der Waals surface area contributed by atoms with E-state index in [9.17, 15) is 8.42 Å². The number of nitrogens with one attached hydrogen (secondary N) is 1. The molecule has 4 heteroatoms. The molecule has 0 aromatic rings. The lowest BCUT2D eigenvalue weighted by molar-refractivity contribution is 0.462. The third kappa shape index (κ3) is 7.88. The van der Waals surface area contributed by atoms with Crippen LogP contribution in [0.4, 0.5) is 0 Å². The maximum Gasteiger partial charge on any atom is 0.151 e. The SMILES string of the molecule is C=CCCC(CCC)NCCS(=O)(=O)CC. The minimum Gasteiger partial charge on any atom is -0.313 e. The summed E-state index contributed by atoms with van der Waals surface area (Å²) in [5, 5.41) is 3.32. The Morgan fingerprint density at radius 3 is 2.50 bits per heavy atom. The Morgan fingerprint density at radius 2 is 2.00 bits per heavy atom. The molecule has 3 nitrogen and oxygen atoms in total. The number of sulfone groups is 1. The van der Waals surface area contributed by atoms with E-state index in [0.717, 1.165) is 25.7 Å². The quantitative estimate of drug-likeness (QED) is 0.602. The average Bonchev–Trinajstić information content (AvgIpc) is 2.25. The molecule has 0 aliphatic heterocycles. The molecular formula is C12H25NO2S. The zero-order valence-corrected chi connectivity index (χ0v) is 11.4. The average molecular weight is 247 g/mol. The molecule has 0 fully saturated rings. The van der Waals surface area contributed by atoms with Crippen LogP contribution in [0.15, 0.2) is 12.7 Å². The number of hydrogen-bond donors (Lipinski definition) is 1. The number of hydrogen-bond acceptors (Lipinski definition) is 3. The van der Waals surface area contributed by atoms with Crippen LogP contribution in [-0.2, 0) is 9.84 Å². The van der Waals surface area contributed by atoms with Gasteiger partial charge in [-0.2, -0.15) is 0 Å². The zero-order valence-electron chi connectivity index (χ0n) is 10.5. The smallest absolute Gasteiger partial charge is 0.151 e. The fourth-order valence-electron chi connectivity index (χ4n) is 1.58. The summed E-state index contributed by atoms with van der Waals surface area (Å²) in [6, 6.07) is 0.426. The van der Waals surface area contributed by atoms with Crippen molar-refractivity contribution in [2.75, 3.05) is 18.1 Å². The van der Waals surface area contributed by atoms with Crippen molar-refractivity contribution in [2.24, 2.45) is 0 Å². The van der Waals surface area contributed by atoms with Gasteiger partial charge in [-0.25, -0.2) is 8.42 Å². The van der Waals surface area contributed by atoms with E-state index >= 15 is 0 Å². The second kappa shape index (κ2) is 8.76. The first-order valence-corrected chi connectivity index (χ1v) is 7.92. The highest BCUT2D eigenvalue weighted by atomic mass is 32.2. The Bertz CT molecular complexity index is 273. The van der Waals surface area contributed by atoms with E-state index in [1.54, 1.807) is 6.92 Å². The van der Waals surface area contributed by atoms with Crippen molar-refractivity contribution in [1.82, 2.24) is 5.32 Å². The van der Waals surface area contributed by atoms with E-state index < -0.39 is 9.84 Å². The molecule has 0 aliphatic carbocycles. The Labute approximate surface area is 100 Å². The maximum atomic E-state index is 11.3. The molecule has 0 radical (unpaired) electrons. The first kappa shape index (κ1) is 15.7. The van der Waals surface area contributed by atoms with E-state index in [2.05, 4.69) is 18.8 Å². The fourth-order valence-corrected chi connectivity index (χ4v) is 2.30. The first-order valence-electron chi connectivity index (χ1n) is 6.10. The van der Waals surface area contributed by atoms with Gasteiger partial charge in [0, 0.05) is 18.3 Å². The van der Waals surface area contributed by atoms with Gasteiger partial charge >= 0.3 is 0 Å². The highest BCUT2D eigenvalue weighted by Gasteiger charge is 2.10. The van der Waals surface area contributed by atoms with Gasteiger partial charge in [-0.15, -0.1) is 6.58 Å². The van der Waals surface area contributed by atoms with Crippen molar-refractivity contribution < 1.29 is 8.42 Å². The van der Waals surface area contributed by atoms with E-state index in [0.29, 0.717) is 12.6 Å². The van der Waals surface area contributed by atoms with E-state index in [4.69, 9.17) is 0 Å². The molecule has 1 atom stereocenters. The van der Waals surface area contributed by atoms with Gasteiger partial charge < -0.3 is 5.32 Å². The highest BCUT2D eigenvalue weighted by Crippen LogP contribution is 2.05. The third-order valence-electron chi connectivity index (χ3n) is 2.64. The number of allylic oxidation sites excluding steroid dienone is 1. The first-order chi connectivity index (χ1) is 7.55. The van der Waals surface area contributed by atoms with Crippen LogP contribution >= 0.6 is 0 Å². The summed E-state index contributed by atoms with van der Waals surface area (Å²) in [4.78, 5) is 0. The van der Waals surface area contributed by atoms with Crippen LogP contribution in [0.5, 0.6) is 0 Å². The monoisotopic (exact) mass is 247 g/mol. The second-order valence-corrected chi connectivity index (χ2v) is 6.51. The molecule has 0 aromatic carbocycles. The van der Waals surface area contributed by atoms with Crippen LogP contribution in [-0.4, -0.2) is 32.5 Å². The Kier molecular flexibility index (Phi) is 8.57. The molecule has 0 spiro atoms. The van der Waals surface area contributed by atoms with E-state index in [1.165, 1.54) is 0 Å². The molecule has 96 valence electrons. The molecule has 0 aliphatic rings. The van der Waals surface area contributed by atoms with Crippen LogP contribution in [0, 0.1) is 0 Å². The molecule has 0 aromatic heterocycles. The molecule has 0 bridgehead atoms. The normalized spacial score (nSPS) is 13.6. The van der Waals surface area contributed by atoms with Crippen LogP contribution in [0.1, 0.15) is 39.5 Å².